The van der Waals surface area contributed by atoms with Gasteiger partial charge in [-0.15, -0.1) is 0 Å². The molecule has 0 bridgehead atoms. The second-order valence-corrected chi connectivity index (χ2v) is 8.29. The standard InChI is InChI=1S/C17H23NO6S/c1-25(22,23)15-8-6-14(7-9-15)24-11-10-18-16(19)12-2-4-13(5-3-12)17(20)21/h6-9,12-13H,2-5,10-11H2,1H3,(H,18,19)(H,20,21). The largest absolute Gasteiger partial charge is 0.492 e. The fraction of sp³-hybridized carbons (Fsp3) is 0.529. The Morgan fingerprint density at radius 3 is 2.20 bits per heavy atom. The first-order valence-electron chi connectivity index (χ1n) is 8.21. The zero-order chi connectivity index (χ0) is 18.4. The number of benzene rings is 1. The van der Waals surface area contributed by atoms with Gasteiger partial charge in [0.15, 0.2) is 9.84 Å². The van der Waals surface area contributed by atoms with Gasteiger partial charge < -0.3 is 15.2 Å². The maximum Gasteiger partial charge on any atom is 0.306 e. The van der Waals surface area contributed by atoms with Crippen molar-refractivity contribution in [3.05, 3.63) is 24.3 Å². The Labute approximate surface area is 147 Å². The molecular weight excluding hydrogens is 346 g/mol. The van der Waals surface area contributed by atoms with Crippen molar-refractivity contribution in [1.29, 1.82) is 0 Å². The smallest absolute Gasteiger partial charge is 0.306 e. The molecule has 0 saturated heterocycles. The molecule has 0 aliphatic heterocycles. The molecule has 0 radical (unpaired) electrons. The monoisotopic (exact) mass is 369 g/mol. The van der Waals surface area contributed by atoms with E-state index in [0.717, 1.165) is 6.26 Å². The van der Waals surface area contributed by atoms with Gasteiger partial charge in [0.2, 0.25) is 5.91 Å². The van der Waals surface area contributed by atoms with Gasteiger partial charge in [-0.2, -0.15) is 0 Å². The van der Waals surface area contributed by atoms with E-state index in [1.165, 1.54) is 12.1 Å². The molecule has 1 aliphatic rings. The number of carboxylic acid groups (broad SMARTS) is 1. The van der Waals surface area contributed by atoms with Crippen LogP contribution in [0.15, 0.2) is 29.2 Å². The van der Waals surface area contributed by atoms with Crippen LogP contribution in [0.3, 0.4) is 0 Å². The molecule has 0 atom stereocenters. The maximum atomic E-state index is 12.1. The summed E-state index contributed by atoms with van der Waals surface area (Å²) in [6, 6.07) is 6.10. The van der Waals surface area contributed by atoms with Crippen LogP contribution >= 0.6 is 0 Å². The Morgan fingerprint density at radius 2 is 1.68 bits per heavy atom. The van der Waals surface area contributed by atoms with Gasteiger partial charge in [-0.3, -0.25) is 9.59 Å². The Morgan fingerprint density at radius 1 is 1.12 bits per heavy atom. The van der Waals surface area contributed by atoms with Crippen LogP contribution < -0.4 is 10.1 Å². The lowest BCUT2D eigenvalue weighted by atomic mass is 9.81. The van der Waals surface area contributed by atoms with Crippen molar-refractivity contribution < 1.29 is 27.9 Å². The van der Waals surface area contributed by atoms with Crippen molar-refractivity contribution >= 4 is 21.7 Å². The summed E-state index contributed by atoms with van der Waals surface area (Å²) in [6.45, 7) is 0.611. The summed E-state index contributed by atoms with van der Waals surface area (Å²) in [5.74, 6) is -0.787. The number of amides is 1. The van der Waals surface area contributed by atoms with Crippen molar-refractivity contribution in [3.8, 4) is 5.75 Å². The van der Waals surface area contributed by atoms with E-state index in [1.807, 2.05) is 0 Å². The Hall–Kier alpha value is -2.09. The molecule has 1 aromatic carbocycles. The van der Waals surface area contributed by atoms with E-state index in [-0.39, 0.29) is 29.2 Å². The van der Waals surface area contributed by atoms with Crippen LogP contribution in [0.4, 0.5) is 0 Å². The molecule has 1 amide bonds. The highest BCUT2D eigenvalue weighted by molar-refractivity contribution is 7.90. The van der Waals surface area contributed by atoms with Crippen molar-refractivity contribution in [1.82, 2.24) is 5.32 Å². The molecule has 0 heterocycles. The van der Waals surface area contributed by atoms with E-state index in [0.29, 0.717) is 38.0 Å². The lowest BCUT2D eigenvalue weighted by molar-refractivity contribution is -0.144. The summed E-state index contributed by atoms with van der Waals surface area (Å²) < 4.78 is 28.2. The van der Waals surface area contributed by atoms with Crippen LogP contribution in [-0.4, -0.2) is 44.8 Å². The zero-order valence-corrected chi connectivity index (χ0v) is 14.9. The SMILES string of the molecule is CS(=O)(=O)c1ccc(OCCNC(=O)C2CCC(C(=O)O)CC2)cc1. The molecule has 0 aromatic heterocycles. The molecule has 25 heavy (non-hydrogen) atoms. The van der Waals surface area contributed by atoms with Crippen LogP contribution in [0.1, 0.15) is 25.7 Å². The van der Waals surface area contributed by atoms with Gasteiger partial charge in [0.05, 0.1) is 17.4 Å². The van der Waals surface area contributed by atoms with Crippen LogP contribution in [0.25, 0.3) is 0 Å². The number of carbonyl (C=O) groups is 2. The topological polar surface area (TPSA) is 110 Å². The molecule has 1 fully saturated rings. The minimum absolute atomic E-state index is 0.0696. The highest BCUT2D eigenvalue weighted by Gasteiger charge is 2.29. The van der Waals surface area contributed by atoms with E-state index in [2.05, 4.69) is 5.32 Å². The number of nitrogens with one attached hydrogen (secondary N) is 1. The number of rotatable bonds is 7. The van der Waals surface area contributed by atoms with Crippen LogP contribution in [0.2, 0.25) is 0 Å². The second-order valence-electron chi connectivity index (χ2n) is 6.27. The maximum absolute atomic E-state index is 12.1. The second kappa shape index (κ2) is 8.33. The molecule has 138 valence electrons. The van der Waals surface area contributed by atoms with Gasteiger partial charge in [0, 0.05) is 12.2 Å². The summed E-state index contributed by atoms with van der Waals surface area (Å²) in [4.78, 5) is 23.2. The van der Waals surface area contributed by atoms with E-state index < -0.39 is 15.8 Å². The first kappa shape index (κ1) is 19.2. The lowest BCUT2D eigenvalue weighted by Gasteiger charge is -2.25. The quantitative estimate of drug-likeness (QED) is 0.705. The predicted octanol–water partition coefficient (Wildman–Crippen LogP) is 1.48. The minimum Gasteiger partial charge on any atom is -0.492 e. The summed E-state index contributed by atoms with van der Waals surface area (Å²) >= 11 is 0. The van der Waals surface area contributed by atoms with Gasteiger partial charge in [-0.1, -0.05) is 0 Å². The lowest BCUT2D eigenvalue weighted by Crippen LogP contribution is -2.36. The minimum atomic E-state index is -3.23. The Balaban J connectivity index is 1.69. The van der Waals surface area contributed by atoms with Crippen LogP contribution in [0.5, 0.6) is 5.75 Å². The normalized spacial score (nSPS) is 20.7. The number of hydrogen-bond donors (Lipinski definition) is 2. The molecular formula is C17H23NO6S. The van der Waals surface area contributed by atoms with Gasteiger partial charge in [0.1, 0.15) is 12.4 Å². The average molecular weight is 369 g/mol. The molecule has 8 heteroatoms. The van der Waals surface area contributed by atoms with Crippen LogP contribution in [-0.2, 0) is 19.4 Å². The van der Waals surface area contributed by atoms with Gasteiger partial charge in [0.25, 0.3) is 0 Å². The molecule has 1 saturated carbocycles. The van der Waals surface area contributed by atoms with E-state index in [1.54, 1.807) is 12.1 Å². The van der Waals surface area contributed by atoms with E-state index >= 15 is 0 Å². The third-order valence-electron chi connectivity index (χ3n) is 4.37. The predicted molar refractivity (Wildman–Crippen MR) is 91.1 cm³/mol. The fourth-order valence-corrected chi connectivity index (χ4v) is 3.50. The third-order valence-corrected chi connectivity index (χ3v) is 5.50. The zero-order valence-electron chi connectivity index (χ0n) is 14.1. The summed E-state index contributed by atoms with van der Waals surface area (Å²) in [6.07, 6.45) is 3.41. The molecule has 1 aliphatic carbocycles. The van der Waals surface area contributed by atoms with E-state index in [9.17, 15) is 18.0 Å². The third kappa shape index (κ3) is 5.74. The number of hydrogen-bond acceptors (Lipinski definition) is 5. The molecule has 0 unspecified atom stereocenters. The van der Waals surface area contributed by atoms with Gasteiger partial charge in [-0.05, 0) is 49.9 Å². The van der Waals surface area contributed by atoms with E-state index in [4.69, 9.17) is 9.84 Å². The Bertz CT molecular complexity index is 705. The summed E-state index contributed by atoms with van der Waals surface area (Å²) in [5.41, 5.74) is 0. The Kier molecular flexibility index (Phi) is 6.41. The van der Waals surface area contributed by atoms with Crippen molar-refractivity contribution in [2.45, 2.75) is 30.6 Å². The van der Waals surface area contributed by atoms with Gasteiger partial charge in [-0.25, -0.2) is 8.42 Å². The highest BCUT2D eigenvalue weighted by atomic mass is 32.2. The number of carboxylic acids is 1. The average Bonchev–Trinajstić information content (AvgIpc) is 2.58. The summed E-state index contributed by atoms with van der Waals surface area (Å²) in [7, 11) is -3.23. The summed E-state index contributed by atoms with van der Waals surface area (Å²) in [5, 5.41) is 11.8. The first-order chi connectivity index (χ1) is 11.8. The van der Waals surface area contributed by atoms with Crippen molar-refractivity contribution in [2.75, 3.05) is 19.4 Å². The molecule has 2 N–H and O–H groups in total. The number of aliphatic carboxylic acids is 1. The molecule has 7 nitrogen and oxygen atoms in total. The number of carbonyl (C=O) groups excluding carboxylic acids is 1. The fourth-order valence-electron chi connectivity index (χ4n) is 2.87. The number of ether oxygens (including phenoxy) is 1. The highest BCUT2D eigenvalue weighted by Crippen LogP contribution is 2.28. The van der Waals surface area contributed by atoms with Gasteiger partial charge >= 0.3 is 5.97 Å². The number of sulfone groups is 1. The van der Waals surface area contributed by atoms with Crippen molar-refractivity contribution in [2.24, 2.45) is 11.8 Å². The molecule has 1 aromatic rings. The molecule has 2 rings (SSSR count). The van der Waals surface area contributed by atoms with Crippen molar-refractivity contribution in [3.63, 3.8) is 0 Å². The first-order valence-corrected chi connectivity index (χ1v) is 10.1. The van der Waals surface area contributed by atoms with Crippen LogP contribution in [0, 0.1) is 11.8 Å². The molecule has 0 spiro atoms.